The summed E-state index contributed by atoms with van der Waals surface area (Å²) in [6.45, 7) is 9.34. The van der Waals surface area contributed by atoms with Gasteiger partial charge in [-0.2, -0.15) is 5.26 Å². The van der Waals surface area contributed by atoms with E-state index in [9.17, 15) is 10.1 Å². The predicted octanol–water partition coefficient (Wildman–Crippen LogP) is 3.71. The zero-order valence-corrected chi connectivity index (χ0v) is 21.2. The number of carbonyl (C=O) groups is 1. The molecule has 2 atom stereocenters. The average molecular weight is 487 g/mol. The number of nitrogens with one attached hydrogen (secondary N) is 2. The van der Waals surface area contributed by atoms with Crippen LogP contribution in [0.5, 0.6) is 5.75 Å². The third kappa shape index (κ3) is 5.37. The molecule has 1 saturated heterocycles. The number of ether oxygens (including phenoxy) is 1. The minimum absolute atomic E-state index is 0.0233. The number of urea groups is 1. The highest BCUT2D eigenvalue weighted by molar-refractivity contribution is 6.04. The van der Waals surface area contributed by atoms with Crippen molar-refractivity contribution in [2.75, 3.05) is 20.1 Å². The lowest BCUT2D eigenvalue weighted by molar-refractivity contribution is 0.204. The molecule has 8 heteroatoms. The molecule has 2 aromatic rings. The predicted molar refractivity (Wildman–Crippen MR) is 142 cm³/mol. The van der Waals surface area contributed by atoms with Gasteiger partial charge >= 0.3 is 6.03 Å². The van der Waals surface area contributed by atoms with Gasteiger partial charge < -0.3 is 26.0 Å². The summed E-state index contributed by atoms with van der Waals surface area (Å²) >= 11 is 0. The van der Waals surface area contributed by atoms with Gasteiger partial charge in [-0.1, -0.05) is 24.8 Å². The fraction of sp³-hybridized carbons (Fsp3) is 0.393. The topological polar surface area (TPSA) is 116 Å². The molecule has 1 aliphatic carbocycles. The maximum atomic E-state index is 12.7. The molecule has 0 aromatic heterocycles. The van der Waals surface area contributed by atoms with Crippen LogP contribution in [0.25, 0.3) is 5.70 Å². The van der Waals surface area contributed by atoms with Gasteiger partial charge in [-0.15, -0.1) is 0 Å². The van der Waals surface area contributed by atoms with Gasteiger partial charge in [-0.3, -0.25) is 4.99 Å². The second-order valence-corrected chi connectivity index (χ2v) is 9.57. The van der Waals surface area contributed by atoms with Gasteiger partial charge in [0.15, 0.2) is 0 Å². The normalized spacial score (nSPS) is 19.1. The van der Waals surface area contributed by atoms with Crippen LogP contribution >= 0.6 is 0 Å². The van der Waals surface area contributed by atoms with Crippen LogP contribution in [-0.4, -0.2) is 49.0 Å². The molecule has 0 radical (unpaired) electrons. The van der Waals surface area contributed by atoms with Crippen LogP contribution in [0.1, 0.15) is 60.5 Å². The van der Waals surface area contributed by atoms with Crippen LogP contribution in [0.4, 0.5) is 4.79 Å². The molecule has 2 aromatic carbocycles. The summed E-state index contributed by atoms with van der Waals surface area (Å²) in [6.07, 6.45) is 2.49. The fourth-order valence-corrected chi connectivity index (χ4v) is 4.86. The summed E-state index contributed by atoms with van der Waals surface area (Å²) < 4.78 is 5.73. The molecule has 2 amide bonds. The Morgan fingerprint density at radius 3 is 2.78 bits per heavy atom. The molecule has 1 heterocycles. The quantitative estimate of drug-likeness (QED) is 0.425. The Morgan fingerprint density at radius 1 is 1.31 bits per heavy atom. The summed E-state index contributed by atoms with van der Waals surface area (Å²) in [5.41, 5.74) is 11.1. The van der Waals surface area contributed by atoms with Crippen LogP contribution in [-0.2, 0) is 6.42 Å². The molecule has 1 fully saturated rings. The molecule has 4 N–H and O–H groups in total. The van der Waals surface area contributed by atoms with E-state index in [1.165, 1.54) is 5.56 Å². The molecule has 2 aliphatic rings. The monoisotopic (exact) mass is 486 g/mol. The SMILES string of the molecule is C=C(NC(=NC)c1cccc2c1CCC2NC(=O)N1CCC(N)C1)c1ccc(OC(C)C)c(C#N)c1. The Balaban J connectivity index is 1.50. The molecule has 4 rings (SSSR count). The van der Waals surface area contributed by atoms with Gasteiger partial charge in [-0.05, 0) is 68.0 Å². The van der Waals surface area contributed by atoms with E-state index in [2.05, 4.69) is 34.3 Å². The third-order valence-electron chi connectivity index (χ3n) is 6.64. The van der Waals surface area contributed by atoms with Crippen molar-refractivity contribution in [2.45, 2.75) is 51.3 Å². The standard InChI is InChI=1S/C28H34N6O2/c1-17(2)36-26-11-8-19(14-20(26)15-29)18(3)32-27(31-4)24-7-5-6-23-22(24)9-10-25(23)33-28(35)34-13-12-21(30)16-34/h5-8,11,14,17,21,25H,3,9-10,12-13,16,30H2,1-2,4H3,(H,31,32)(H,33,35). The first-order valence-corrected chi connectivity index (χ1v) is 12.4. The number of carbonyl (C=O) groups excluding carboxylic acids is 1. The van der Waals surface area contributed by atoms with Crippen LogP contribution in [0, 0.1) is 11.3 Å². The van der Waals surface area contributed by atoms with Crippen molar-refractivity contribution in [1.82, 2.24) is 15.5 Å². The molecule has 0 spiro atoms. The fourth-order valence-electron chi connectivity index (χ4n) is 4.86. The van der Waals surface area contributed by atoms with Crippen LogP contribution < -0.4 is 21.1 Å². The summed E-state index contributed by atoms with van der Waals surface area (Å²) in [6, 6.07) is 13.7. The second-order valence-electron chi connectivity index (χ2n) is 9.57. The minimum atomic E-state index is -0.0553. The lowest BCUT2D eigenvalue weighted by Gasteiger charge is -2.21. The number of aliphatic imine (C=N–C) groups is 1. The van der Waals surface area contributed by atoms with E-state index < -0.39 is 0 Å². The molecule has 36 heavy (non-hydrogen) atoms. The summed E-state index contributed by atoms with van der Waals surface area (Å²) in [4.78, 5) is 19.0. The molecule has 1 aliphatic heterocycles. The Kier molecular flexibility index (Phi) is 7.61. The van der Waals surface area contributed by atoms with Crippen molar-refractivity contribution in [2.24, 2.45) is 10.7 Å². The Morgan fingerprint density at radius 2 is 2.11 bits per heavy atom. The largest absolute Gasteiger partial charge is 0.490 e. The number of hydrogen-bond acceptors (Lipinski definition) is 5. The number of benzene rings is 2. The number of hydrogen-bond donors (Lipinski definition) is 3. The number of nitrogens with zero attached hydrogens (tertiary/aromatic N) is 3. The van der Waals surface area contributed by atoms with Crippen molar-refractivity contribution in [3.63, 3.8) is 0 Å². The Labute approximate surface area is 212 Å². The minimum Gasteiger partial charge on any atom is -0.490 e. The van der Waals surface area contributed by atoms with E-state index in [1.807, 2.05) is 32.0 Å². The summed E-state index contributed by atoms with van der Waals surface area (Å²) in [5.74, 6) is 1.24. The maximum Gasteiger partial charge on any atom is 0.317 e. The lowest BCUT2D eigenvalue weighted by atomic mass is 10.0. The molecule has 0 saturated carbocycles. The van der Waals surface area contributed by atoms with Crippen molar-refractivity contribution in [3.05, 3.63) is 70.8 Å². The van der Waals surface area contributed by atoms with E-state index in [-0.39, 0.29) is 24.2 Å². The van der Waals surface area contributed by atoms with E-state index in [0.29, 0.717) is 35.9 Å². The van der Waals surface area contributed by atoms with Crippen LogP contribution in [0.15, 0.2) is 48.0 Å². The lowest BCUT2D eigenvalue weighted by Crippen LogP contribution is -2.41. The zero-order valence-electron chi connectivity index (χ0n) is 21.2. The first kappa shape index (κ1) is 25.3. The number of amidine groups is 1. The average Bonchev–Trinajstić information content (AvgIpc) is 3.48. The summed E-state index contributed by atoms with van der Waals surface area (Å²) in [7, 11) is 1.74. The van der Waals surface area contributed by atoms with Gasteiger partial charge in [0.25, 0.3) is 0 Å². The maximum absolute atomic E-state index is 12.7. The third-order valence-corrected chi connectivity index (χ3v) is 6.64. The van der Waals surface area contributed by atoms with Gasteiger partial charge in [0, 0.05) is 37.4 Å². The smallest absolute Gasteiger partial charge is 0.317 e. The molecule has 188 valence electrons. The first-order valence-electron chi connectivity index (χ1n) is 12.4. The molecular weight excluding hydrogens is 452 g/mol. The molecule has 2 unspecified atom stereocenters. The number of fused-ring (bicyclic) bond motifs is 1. The molecular formula is C28H34N6O2. The highest BCUT2D eigenvalue weighted by Crippen LogP contribution is 2.34. The van der Waals surface area contributed by atoms with E-state index >= 15 is 0 Å². The zero-order chi connectivity index (χ0) is 25.8. The van der Waals surface area contributed by atoms with Crippen molar-refractivity contribution in [1.29, 1.82) is 5.26 Å². The highest BCUT2D eigenvalue weighted by atomic mass is 16.5. The van der Waals surface area contributed by atoms with E-state index in [4.69, 9.17) is 10.5 Å². The van der Waals surface area contributed by atoms with Crippen molar-refractivity contribution < 1.29 is 9.53 Å². The van der Waals surface area contributed by atoms with Gasteiger partial charge in [0.05, 0.1) is 17.7 Å². The number of amides is 2. The molecule has 8 nitrogen and oxygen atoms in total. The van der Waals surface area contributed by atoms with Crippen LogP contribution in [0.2, 0.25) is 0 Å². The Bertz CT molecular complexity index is 1230. The first-order chi connectivity index (χ1) is 17.3. The second kappa shape index (κ2) is 10.8. The van der Waals surface area contributed by atoms with Gasteiger partial charge in [0.1, 0.15) is 17.7 Å². The highest BCUT2D eigenvalue weighted by Gasteiger charge is 2.30. The van der Waals surface area contributed by atoms with Crippen molar-refractivity contribution >= 4 is 17.6 Å². The van der Waals surface area contributed by atoms with Crippen LogP contribution in [0.3, 0.4) is 0 Å². The molecule has 0 bridgehead atoms. The number of nitriles is 1. The van der Waals surface area contributed by atoms with Gasteiger partial charge in [0.2, 0.25) is 0 Å². The van der Waals surface area contributed by atoms with Gasteiger partial charge in [-0.25, -0.2) is 4.79 Å². The number of rotatable bonds is 6. The number of nitrogens with two attached hydrogens (primary N) is 1. The Hall–Kier alpha value is -3.83. The van der Waals surface area contributed by atoms with Crippen molar-refractivity contribution in [3.8, 4) is 11.8 Å². The van der Waals surface area contributed by atoms with E-state index in [0.717, 1.165) is 36.0 Å². The van der Waals surface area contributed by atoms with E-state index in [1.54, 1.807) is 24.1 Å². The number of likely N-dealkylation sites (tertiary alicyclic amines) is 1. The summed E-state index contributed by atoms with van der Waals surface area (Å²) in [5, 5.41) is 16.1.